The number of hydrogen-bond donors (Lipinski definition) is 1. The van der Waals surface area contributed by atoms with Crippen molar-refractivity contribution >= 4 is 17.4 Å². The van der Waals surface area contributed by atoms with Crippen LogP contribution in [0.5, 0.6) is 0 Å². The van der Waals surface area contributed by atoms with Gasteiger partial charge in [-0.15, -0.1) is 0 Å². The van der Waals surface area contributed by atoms with Crippen LogP contribution in [0.1, 0.15) is 11.1 Å². The van der Waals surface area contributed by atoms with E-state index in [0.29, 0.717) is 13.0 Å². The molecule has 0 saturated carbocycles. The van der Waals surface area contributed by atoms with E-state index in [0.717, 1.165) is 16.1 Å². The molecule has 0 aromatic heterocycles. The van der Waals surface area contributed by atoms with Crippen molar-refractivity contribution in [3.8, 4) is 0 Å². The Morgan fingerprint density at radius 1 is 1.50 bits per heavy atom. The lowest BCUT2D eigenvalue weighted by Gasteiger charge is -2.03. The molecule has 14 heavy (non-hydrogen) atoms. The van der Waals surface area contributed by atoms with Gasteiger partial charge in [-0.3, -0.25) is 4.79 Å². The van der Waals surface area contributed by atoms with E-state index in [-0.39, 0.29) is 5.78 Å². The fourth-order valence-corrected chi connectivity index (χ4v) is 1.42. The number of hydrogen-bond acceptors (Lipinski definition) is 2. The van der Waals surface area contributed by atoms with Crippen LogP contribution in [0.3, 0.4) is 0 Å². The normalized spacial score (nSPS) is 10.2. The lowest BCUT2D eigenvalue weighted by Crippen LogP contribution is -2.20. The van der Waals surface area contributed by atoms with Gasteiger partial charge < -0.3 is 5.32 Å². The first-order chi connectivity index (χ1) is 6.63. The number of nitrogens with one attached hydrogen (secondary N) is 1. The molecule has 76 valence electrons. The maximum absolute atomic E-state index is 11.3. The molecule has 0 atom stereocenters. The van der Waals surface area contributed by atoms with Crippen LogP contribution in [0.25, 0.3) is 0 Å². The van der Waals surface area contributed by atoms with Gasteiger partial charge in [-0.25, -0.2) is 0 Å². The number of halogens is 1. The molecule has 2 nitrogen and oxygen atoms in total. The molecular formula is C11H14ClNO. The van der Waals surface area contributed by atoms with Gasteiger partial charge in [0.2, 0.25) is 0 Å². The van der Waals surface area contributed by atoms with Gasteiger partial charge in [0, 0.05) is 11.4 Å². The maximum atomic E-state index is 11.3. The average Bonchev–Trinajstić information content (AvgIpc) is 2.12. The van der Waals surface area contributed by atoms with E-state index in [4.69, 9.17) is 11.6 Å². The Bertz CT molecular complexity index is 336. The minimum Gasteiger partial charge on any atom is -0.313 e. The fraction of sp³-hybridized carbons (Fsp3) is 0.364. The first kappa shape index (κ1) is 11.2. The molecule has 0 aliphatic carbocycles. The lowest BCUT2D eigenvalue weighted by molar-refractivity contribution is -0.117. The van der Waals surface area contributed by atoms with Crippen LogP contribution in [0.15, 0.2) is 18.2 Å². The first-order valence-corrected chi connectivity index (χ1v) is 4.92. The third-order valence-electron chi connectivity index (χ3n) is 2.00. The molecule has 1 aromatic carbocycles. The molecule has 0 aliphatic rings. The van der Waals surface area contributed by atoms with Crippen molar-refractivity contribution < 1.29 is 4.79 Å². The first-order valence-electron chi connectivity index (χ1n) is 4.55. The monoisotopic (exact) mass is 211 g/mol. The van der Waals surface area contributed by atoms with Gasteiger partial charge in [0.1, 0.15) is 0 Å². The van der Waals surface area contributed by atoms with Crippen LogP contribution in [-0.2, 0) is 11.2 Å². The molecule has 3 heteroatoms. The fourth-order valence-electron chi connectivity index (χ4n) is 1.30. The highest BCUT2D eigenvalue weighted by Crippen LogP contribution is 2.16. The Hall–Kier alpha value is -0.860. The van der Waals surface area contributed by atoms with Crippen LogP contribution in [0.2, 0.25) is 5.02 Å². The van der Waals surface area contributed by atoms with E-state index in [1.165, 1.54) is 0 Å². The topological polar surface area (TPSA) is 29.1 Å². The summed E-state index contributed by atoms with van der Waals surface area (Å²) in [7, 11) is 1.77. The van der Waals surface area contributed by atoms with Gasteiger partial charge >= 0.3 is 0 Å². The Kier molecular flexibility index (Phi) is 4.11. The summed E-state index contributed by atoms with van der Waals surface area (Å²) in [5.74, 6) is 0.189. The van der Waals surface area contributed by atoms with Gasteiger partial charge in [-0.1, -0.05) is 23.7 Å². The molecule has 0 heterocycles. The molecule has 0 amide bonds. The van der Waals surface area contributed by atoms with Crippen LogP contribution < -0.4 is 5.32 Å². The summed E-state index contributed by atoms with van der Waals surface area (Å²) in [5.41, 5.74) is 2.04. The number of likely N-dealkylation sites (N-methyl/N-ethyl adjacent to an activating group) is 1. The van der Waals surface area contributed by atoms with Crippen LogP contribution in [-0.4, -0.2) is 19.4 Å². The molecule has 0 radical (unpaired) electrons. The van der Waals surface area contributed by atoms with E-state index >= 15 is 0 Å². The predicted octanol–water partition coefficient (Wildman–Crippen LogP) is 1.98. The van der Waals surface area contributed by atoms with Crippen molar-refractivity contribution in [3.63, 3.8) is 0 Å². The van der Waals surface area contributed by atoms with Crippen molar-refractivity contribution in [1.29, 1.82) is 0 Å². The summed E-state index contributed by atoms with van der Waals surface area (Å²) in [5, 5.41) is 3.58. The molecule has 1 aromatic rings. The smallest absolute Gasteiger partial charge is 0.150 e. The van der Waals surface area contributed by atoms with Gasteiger partial charge in [-0.05, 0) is 31.2 Å². The summed E-state index contributed by atoms with van der Waals surface area (Å²) in [6.07, 6.45) is 0.471. The second-order valence-electron chi connectivity index (χ2n) is 3.33. The number of carbonyl (C=O) groups is 1. The van der Waals surface area contributed by atoms with Crippen molar-refractivity contribution in [1.82, 2.24) is 5.32 Å². The molecule has 0 aliphatic heterocycles. The molecular weight excluding hydrogens is 198 g/mol. The Labute approximate surface area is 89.3 Å². The van der Waals surface area contributed by atoms with Crippen molar-refractivity contribution in [3.05, 3.63) is 34.3 Å². The van der Waals surface area contributed by atoms with E-state index in [2.05, 4.69) is 5.32 Å². The van der Waals surface area contributed by atoms with Crippen LogP contribution in [0, 0.1) is 6.92 Å². The summed E-state index contributed by atoms with van der Waals surface area (Å²) in [4.78, 5) is 11.3. The number of rotatable bonds is 4. The molecule has 1 rings (SSSR count). The summed E-state index contributed by atoms with van der Waals surface area (Å²) in [6, 6.07) is 5.68. The SMILES string of the molecule is CNCC(=O)Cc1ccc(Cl)c(C)c1. The molecule has 0 saturated heterocycles. The lowest BCUT2D eigenvalue weighted by atomic mass is 10.1. The van der Waals surface area contributed by atoms with Crippen LogP contribution in [0.4, 0.5) is 0 Å². The number of carbonyl (C=O) groups excluding carboxylic acids is 1. The number of ketones is 1. The highest BCUT2D eigenvalue weighted by molar-refractivity contribution is 6.31. The quantitative estimate of drug-likeness (QED) is 0.825. The van der Waals surface area contributed by atoms with Gasteiger partial charge in [-0.2, -0.15) is 0 Å². The third-order valence-corrected chi connectivity index (χ3v) is 2.42. The zero-order valence-corrected chi connectivity index (χ0v) is 9.19. The Morgan fingerprint density at radius 2 is 2.21 bits per heavy atom. The minimum absolute atomic E-state index is 0.189. The van der Waals surface area contributed by atoms with E-state index < -0.39 is 0 Å². The average molecular weight is 212 g/mol. The summed E-state index contributed by atoms with van der Waals surface area (Å²) >= 11 is 5.88. The van der Waals surface area contributed by atoms with Gasteiger partial charge in [0.25, 0.3) is 0 Å². The second-order valence-corrected chi connectivity index (χ2v) is 3.74. The molecule has 1 N–H and O–H groups in total. The molecule has 0 fully saturated rings. The zero-order valence-electron chi connectivity index (χ0n) is 8.43. The largest absolute Gasteiger partial charge is 0.313 e. The molecule has 0 unspecified atom stereocenters. The van der Waals surface area contributed by atoms with Gasteiger partial charge in [0.05, 0.1) is 6.54 Å². The van der Waals surface area contributed by atoms with E-state index in [9.17, 15) is 4.79 Å². The number of aryl methyl sites for hydroxylation is 1. The van der Waals surface area contributed by atoms with Gasteiger partial charge in [0.15, 0.2) is 5.78 Å². The third kappa shape index (κ3) is 3.13. The summed E-state index contributed by atoms with van der Waals surface area (Å²) in [6.45, 7) is 2.36. The highest BCUT2D eigenvalue weighted by Gasteiger charge is 2.03. The maximum Gasteiger partial charge on any atom is 0.150 e. The van der Waals surface area contributed by atoms with Crippen molar-refractivity contribution in [2.45, 2.75) is 13.3 Å². The summed E-state index contributed by atoms with van der Waals surface area (Å²) < 4.78 is 0. The van der Waals surface area contributed by atoms with Crippen molar-refractivity contribution in [2.75, 3.05) is 13.6 Å². The second kappa shape index (κ2) is 5.13. The van der Waals surface area contributed by atoms with E-state index in [1.54, 1.807) is 7.05 Å². The van der Waals surface area contributed by atoms with Crippen LogP contribution >= 0.6 is 11.6 Å². The molecule has 0 bridgehead atoms. The Morgan fingerprint density at radius 3 is 2.79 bits per heavy atom. The predicted molar refractivity (Wildman–Crippen MR) is 58.8 cm³/mol. The zero-order chi connectivity index (χ0) is 10.6. The standard InChI is InChI=1S/C11H14ClNO/c1-8-5-9(3-4-11(8)12)6-10(14)7-13-2/h3-5,13H,6-7H2,1-2H3. The van der Waals surface area contributed by atoms with Crippen molar-refractivity contribution in [2.24, 2.45) is 0 Å². The minimum atomic E-state index is 0.189. The van der Waals surface area contributed by atoms with E-state index in [1.807, 2.05) is 25.1 Å². The number of benzene rings is 1. The Balaban J connectivity index is 2.68. The highest BCUT2D eigenvalue weighted by atomic mass is 35.5. The number of Topliss-reactive ketones (excluding diaryl/α,β-unsaturated/α-hetero) is 1. The molecule has 0 spiro atoms.